The van der Waals surface area contributed by atoms with Crippen LogP contribution in [0, 0.1) is 5.82 Å². The molecule has 0 aliphatic carbocycles. The summed E-state index contributed by atoms with van der Waals surface area (Å²) < 4.78 is 21.2. The van der Waals surface area contributed by atoms with Crippen LogP contribution in [-0.2, 0) is 26.2 Å². The number of amides is 5. The number of rotatable bonds is 18. The fraction of sp³-hybridized carbons (Fsp3) is 0.419. The Hall–Kier alpha value is -7.83. The van der Waals surface area contributed by atoms with E-state index in [9.17, 15) is 28.8 Å². The summed E-state index contributed by atoms with van der Waals surface area (Å²) in [5.41, 5.74) is 8.00. The molecule has 5 heterocycles. The lowest BCUT2D eigenvalue weighted by molar-refractivity contribution is -0.135. The fourth-order valence-electron chi connectivity index (χ4n) is 12.6. The van der Waals surface area contributed by atoms with E-state index in [1.54, 1.807) is 65.5 Å². The van der Waals surface area contributed by atoms with Crippen LogP contribution in [0.2, 0.25) is 0 Å². The molecule has 4 aliphatic rings. The third-order valence-corrected chi connectivity index (χ3v) is 16.8. The number of nitrogens with zero attached hydrogens (tertiary/aromatic N) is 6. The van der Waals surface area contributed by atoms with Crippen LogP contribution in [0.1, 0.15) is 106 Å². The molecule has 0 radical (unpaired) electrons. The molecule has 6 aromatic rings. The Morgan fingerprint density at radius 2 is 1.45 bits per heavy atom. The summed E-state index contributed by atoms with van der Waals surface area (Å²) >= 11 is 0. The highest BCUT2D eigenvalue weighted by Crippen LogP contribution is 2.42. The Balaban J connectivity index is 0.880. The molecule has 18 heteroatoms. The third kappa shape index (κ3) is 11.2. The first kappa shape index (κ1) is 55.5. The van der Waals surface area contributed by atoms with Gasteiger partial charge in [-0.05, 0) is 122 Å². The fourth-order valence-corrected chi connectivity index (χ4v) is 12.6. The van der Waals surface area contributed by atoms with Crippen molar-refractivity contribution in [2.24, 2.45) is 7.05 Å². The summed E-state index contributed by atoms with van der Waals surface area (Å²) in [6.45, 7) is 9.88. The molecule has 0 bridgehead atoms. The number of para-hydroxylation sites is 1. The lowest BCUT2D eigenvalue weighted by Crippen LogP contribution is -2.53. The molecule has 5 N–H and O–H groups in total. The number of fused-ring (bicyclic) bond motifs is 1. The largest absolute Gasteiger partial charge is 0.388 e. The number of carbonyl (C=O) groups is 5. The molecule has 0 spiro atoms. The van der Waals surface area contributed by atoms with E-state index >= 15 is 4.39 Å². The standard InChI is InChI=1S/C62H74FN11O6/c1-6-11-41(12-7-2)66-57(61(79)67-42-14-8-13-40(37-42)59(77)65-4)55-49(64-3)25-24-47(56(55)63)46-23-22-45(73-30-10-17-54(73)76)38-48(46)39-18-20-43(21-19-39)70-31-28-44(29-32-70)71-33-35-72(36-34-71)50-15-9-16-51-58(50)69(5)62(80)74(51)52-26-27-53(75)68-60(52)78/h8-9,13-16,18-25,37-38,41,44,52,57,64,66H,6-7,10-12,17,26-36H2,1-5H3,(H,65,77)(H,67,79)(H,68,75,78). The van der Waals surface area contributed by atoms with Crippen molar-refractivity contribution >= 4 is 69.0 Å². The highest BCUT2D eigenvalue weighted by molar-refractivity contribution is 6.02. The summed E-state index contributed by atoms with van der Waals surface area (Å²) in [6.07, 6.45) is 7.00. The molecule has 0 saturated carbocycles. The van der Waals surface area contributed by atoms with Crippen molar-refractivity contribution in [3.63, 3.8) is 0 Å². The lowest BCUT2D eigenvalue weighted by Gasteiger charge is -2.44. The number of halogens is 1. The molecule has 17 nitrogen and oxygen atoms in total. The predicted octanol–water partition coefficient (Wildman–Crippen LogP) is 8.35. The quantitative estimate of drug-likeness (QED) is 0.0522. The number of carbonyl (C=O) groups excluding carboxylic acids is 5. The van der Waals surface area contributed by atoms with Gasteiger partial charge >= 0.3 is 5.69 Å². The maximum absolute atomic E-state index is 18.1. The average molecular weight is 1090 g/mol. The van der Waals surface area contributed by atoms with Crippen molar-refractivity contribution in [1.29, 1.82) is 0 Å². The monoisotopic (exact) mass is 1090 g/mol. The second kappa shape index (κ2) is 24.3. The van der Waals surface area contributed by atoms with E-state index in [1.165, 1.54) is 0 Å². The average Bonchev–Trinajstić information content (AvgIpc) is 4.12. The molecule has 2 unspecified atom stereocenters. The number of aryl methyl sites for hydroxylation is 1. The number of piperidine rings is 2. The smallest absolute Gasteiger partial charge is 0.329 e. The van der Waals surface area contributed by atoms with Crippen molar-refractivity contribution in [1.82, 2.24) is 30.0 Å². The van der Waals surface area contributed by atoms with Gasteiger partial charge in [-0.3, -0.25) is 48.6 Å². The van der Waals surface area contributed by atoms with Crippen LogP contribution in [-0.4, -0.2) is 116 Å². The molecule has 1 aromatic heterocycles. The van der Waals surface area contributed by atoms with Crippen LogP contribution in [0.3, 0.4) is 0 Å². The molecule has 420 valence electrons. The number of imide groups is 1. The zero-order valence-corrected chi connectivity index (χ0v) is 46.6. The molecule has 4 aliphatic heterocycles. The van der Waals surface area contributed by atoms with Crippen LogP contribution in [0.15, 0.2) is 102 Å². The van der Waals surface area contributed by atoms with Crippen molar-refractivity contribution in [2.75, 3.05) is 85.2 Å². The van der Waals surface area contributed by atoms with Gasteiger partial charge in [-0.25, -0.2) is 9.18 Å². The van der Waals surface area contributed by atoms with Gasteiger partial charge in [0.05, 0.1) is 16.7 Å². The predicted molar refractivity (Wildman–Crippen MR) is 314 cm³/mol. The summed E-state index contributed by atoms with van der Waals surface area (Å²) in [4.78, 5) is 88.0. The summed E-state index contributed by atoms with van der Waals surface area (Å²) in [7, 11) is 5.02. The molecular weight excluding hydrogens is 1010 g/mol. The Kier molecular flexibility index (Phi) is 16.8. The molecule has 80 heavy (non-hydrogen) atoms. The molecule has 4 saturated heterocycles. The molecule has 5 amide bonds. The number of hydrogen-bond donors (Lipinski definition) is 5. The van der Waals surface area contributed by atoms with Gasteiger partial charge in [-0.15, -0.1) is 0 Å². The molecular formula is C62H74FN11O6. The van der Waals surface area contributed by atoms with Gasteiger partial charge in [0.2, 0.25) is 23.6 Å². The first-order chi connectivity index (χ1) is 38.8. The maximum atomic E-state index is 18.1. The Bertz CT molecular complexity index is 3350. The van der Waals surface area contributed by atoms with Crippen LogP contribution in [0.5, 0.6) is 0 Å². The lowest BCUT2D eigenvalue weighted by atomic mass is 9.90. The summed E-state index contributed by atoms with van der Waals surface area (Å²) in [5, 5.41) is 14.8. The van der Waals surface area contributed by atoms with Crippen molar-refractivity contribution in [2.45, 2.75) is 102 Å². The minimum atomic E-state index is -1.12. The molecule has 2 atom stereocenters. The van der Waals surface area contributed by atoms with E-state index in [-0.39, 0.29) is 47.9 Å². The number of nitrogens with one attached hydrogen (secondary N) is 5. The SMILES string of the molecule is CCCC(CCC)NC(C(=O)Nc1cccc(C(=O)NC)c1)c1c(NC)ccc(-c2ccc(N3CCCC3=O)cc2-c2ccc(N3CCC(N4CCN(c5cccc6c5n(C)c(=O)n6C5CCC(=O)NC5=O)CC4)CC3)cc2)c1F. The number of benzene rings is 5. The van der Waals surface area contributed by atoms with E-state index in [2.05, 4.69) is 79.4 Å². The zero-order chi connectivity index (χ0) is 56.2. The number of piperazine rings is 1. The van der Waals surface area contributed by atoms with Crippen LogP contribution in [0.25, 0.3) is 33.3 Å². The van der Waals surface area contributed by atoms with E-state index in [4.69, 9.17) is 0 Å². The van der Waals surface area contributed by atoms with Crippen molar-refractivity contribution < 1.29 is 28.4 Å². The van der Waals surface area contributed by atoms with E-state index in [1.807, 2.05) is 42.5 Å². The molecule has 5 aromatic carbocycles. The number of imidazole rings is 1. The first-order valence-electron chi connectivity index (χ1n) is 28.5. The van der Waals surface area contributed by atoms with E-state index < -0.39 is 29.7 Å². The van der Waals surface area contributed by atoms with Crippen LogP contribution < -0.4 is 47.0 Å². The number of hydrogen-bond acceptors (Lipinski definition) is 11. The van der Waals surface area contributed by atoms with Gasteiger partial charge in [-0.1, -0.05) is 57.0 Å². The van der Waals surface area contributed by atoms with Crippen LogP contribution in [0.4, 0.5) is 32.8 Å². The van der Waals surface area contributed by atoms with Gasteiger partial charge in [-0.2, -0.15) is 0 Å². The zero-order valence-electron chi connectivity index (χ0n) is 46.6. The maximum Gasteiger partial charge on any atom is 0.329 e. The Labute approximate surface area is 466 Å². The van der Waals surface area contributed by atoms with Crippen molar-refractivity contribution in [3.05, 3.63) is 124 Å². The minimum absolute atomic E-state index is 0.0515. The van der Waals surface area contributed by atoms with Crippen LogP contribution >= 0.6 is 0 Å². The van der Waals surface area contributed by atoms with Gasteiger partial charge in [0.25, 0.3) is 5.91 Å². The summed E-state index contributed by atoms with van der Waals surface area (Å²) in [5.74, 6) is -2.01. The third-order valence-electron chi connectivity index (χ3n) is 16.8. The minimum Gasteiger partial charge on any atom is -0.388 e. The normalized spacial score (nSPS) is 17.8. The molecule has 10 rings (SSSR count). The highest BCUT2D eigenvalue weighted by Gasteiger charge is 2.35. The van der Waals surface area contributed by atoms with E-state index in [0.717, 1.165) is 118 Å². The Morgan fingerprint density at radius 3 is 2.12 bits per heavy atom. The Morgan fingerprint density at radius 1 is 0.738 bits per heavy atom. The second-order valence-corrected chi connectivity index (χ2v) is 21.7. The molecule has 4 fully saturated rings. The second-order valence-electron chi connectivity index (χ2n) is 21.7. The number of anilines is 5. The van der Waals surface area contributed by atoms with Gasteiger partial charge < -0.3 is 30.7 Å². The van der Waals surface area contributed by atoms with Gasteiger partial charge in [0.1, 0.15) is 17.9 Å². The van der Waals surface area contributed by atoms with Gasteiger partial charge in [0.15, 0.2) is 0 Å². The number of aromatic nitrogens is 2. The topological polar surface area (TPSA) is 185 Å². The van der Waals surface area contributed by atoms with Gasteiger partial charge in [0, 0.05) is 131 Å². The van der Waals surface area contributed by atoms with Crippen molar-refractivity contribution in [3.8, 4) is 22.3 Å². The first-order valence-corrected chi connectivity index (χ1v) is 28.5. The highest BCUT2D eigenvalue weighted by atomic mass is 19.1. The van der Waals surface area contributed by atoms with E-state index in [0.29, 0.717) is 52.6 Å². The summed E-state index contributed by atoms with van der Waals surface area (Å²) in [6, 6.07) is 28.8.